The highest BCUT2D eigenvalue weighted by atomic mass is 19.1. The number of halogens is 1. The highest BCUT2D eigenvalue weighted by Crippen LogP contribution is 2.34. The Hall–Kier alpha value is -0.890. The number of rotatable bonds is 1. The Morgan fingerprint density at radius 1 is 1.06 bits per heavy atom. The van der Waals surface area contributed by atoms with Crippen molar-refractivity contribution in [1.82, 2.24) is 0 Å². The van der Waals surface area contributed by atoms with Crippen LogP contribution in [-0.4, -0.2) is 0 Å². The predicted octanol–water partition coefficient (Wildman–Crippen LogP) is 3.64. The molecule has 2 rings (SSSR count). The molecule has 1 aliphatic carbocycles. The van der Waals surface area contributed by atoms with Crippen LogP contribution in [0.1, 0.15) is 49.7 Å². The van der Waals surface area contributed by atoms with Gasteiger partial charge in [-0.15, -0.1) is 0 Å². The highest BCUT2D eigenvalue weighted by molar-refractivity contribution is 5.29. The molecule has 1 aliphatic rings. The van der Waals surface area contributed by atoms with Crippen molar-refractivity contribution in [2.24, 2.45) is 5.73 Å². The van der Waals surface area contributed by atoms with Crippen LogP contribution in [0.15, 0.2) is 18.2 Å². The highest BCUT2D eigenvalue weighted by Gasteiger charge is 2.28. The first kappa shape index (κ1) is 11.6. The van der Waals surface area contributed by atoms with Crippen molar-refractivity contribution in [3.63, 3.8) is 0 Å². The van der Waals surface area contributed by atoms with Crippen LogP contribution in [0.2, 0.25) is 0 Å². The van der Waals surface area contributed by atoms with Crippen molar-refractivity contribution in [1.29, 1.82) is 0 Å². The van der Waals surface area contributed by atoms with Gasteiger partial charge in [-0.1, -0.05) is 31.7 Å². The van der Waals surface area contributed by atoms with Gasteiger partial charge in [-0.05, 0) is 43.0 Å². The molecule has 0 heterocycles. The quantitative estimate of drug-likeness (QED) is 0.720. The van der Waals surface area contributed by atoms with Crippen molar-refractivity contribution in [3.05, 3.63) is 35.1 Å². The van der Waals surface area contributed by atoms with Crippen LogP contribution in [-0.2, 0) is 5.54 Å². The summed E-state index contributed by atoms with van der Waals surface area (Å²) in [7, 11) is 0. The van der Waals surface area contributed by atoms with Crippen LogP contribution in [0.5, 0.6) is 0 Å². The zero-order valence-electron chi connectivity index (χ0n) is 9.93. The summed E-state index contributed by atoms with van der Waals surface area (Å²) in [6, 6.07) is 5.20. The van der Waals surface area contributed by atoms with E-state index >= 15 is 0 Å². The minimum Gasteiger partial charge on any atom is -0.321 e. The van der Waals surface area contributed by atoms with Gasteiger partial charge < -0.3 is 5.73 Å². The molecule has 0 aromatic heterocycles. The van der Waals surface area contributed by atoms with Crippen molar-refractivity contribution < 1.29 is 4.39 Å². The molecule has 2 heteroatoms. The van der Waals surface area contributed by atoms with Crippen molar-refractivity contribution in [3.8, 4) is 0 Å². The standard InChI is InChI=1S/C14H20FN/c1-11-8-12(10-13(15)9-11)14(16)6-4-2-3-5-7-14/h8-10H,2-7,16H2,1H3. The van der Waals surface area contributed by atoms with Crippen LogP contribution in [0, 0.1) is 12.7 Å². The van der Waals surface area contributed by atoms with Gasteiger partial charge in [0.05, 0.1) is 0 Å². The summed E-state index contributed by atoms with van der Waals surface area (Å²) in [5.74, 6) is -0.163. The fourth-order valence-corrected chi connectivity index (χ4v) is 2.67. The third-order valence-corrected chi connectivity index (χ3v) is 3.61. The molecule has 1 aromatic rings. The van der Waals surface area contributed by atoms with Gasteiger partial charge in [-0.2, -0.15) is 0 Å². The lowest BCUT2D eigenvalue weighted by Gasteiger charge is -2.29. The summed E-state index contributed by atoms with van der Waals surface area (Å²) < 4.78 is 13.4. The number of benzene rings is 1. The van der Waals surface area contributed by atoms with E-state index in [0.29, 0.717) is 0 Å². The lowest BCUT2D eigenvalue weighted by atomic mass is 9.83. The van der Waals surface area contributed by atoms with Gasteiger partial charge in [0.15, 0.2) is 0 Å². The molecule has 1 aromatic carbocycles. The Kier molecular flexibility index (Phi) is 3.29. The van der Waals surface area contributed by atoms with Crippen LogP contribution >= 0.6 is 0 Å². The Labute approximate surface area is 96.9 Å². The summed E-state index contributed by atoms with van der Waals surface area (Å²) in [5.41, 5.74) is 8.09. The fraction of sp³-hybridized carbons (Fsp3) is 0.571. The molecule has 0 aliphatic heterocycles. The monoisotopic (exact) mass is 221 g/mol. The van der Waals surface area contributed by atoms with Gasteiger partial charge in [0.25, 0.3) is 0 Å². The minimum absolute atomic E-state index is 0.163. The molecule has 0 bridgehead atoms. The maximum absolute atomic E-state index is 13.4. The van der Waals surface area contributed by atoms with Crippen LogP contribution < -0.4 is 5.73 Å². The Balaban J connectivity index is 2.32. The summed E-state index contributed by atoms with van der Waals surface area (Å²) >= 11 is 0. The van der Waals surface area contributed by atoms with Crippen LogP contribution in [0.3, 0.4) is 0 Å². The first-order valence-electron chi connectivity index (χ1n) is 6.17. The fourth-order valence-electron chi connectivity index (χ4n) is 2.67. The molecule has 0 spiro atoms. The maximum Gasteiger partial charge on any atom is 0.123 e. The third kappa shape index (κ3) is 2.43. The topological polar surface area (TPSA) is 26.0 Å². The van der Waals surface area contributed by atoms with Gasteiger partial charge in [0.1, 0.15) is 5.82 Å². The number of nitrogens with two attached hydrogens (primary N) is 1. The average molecular weight is 221 g/mol. The molecule has 0 amide bonds. The van der Waals surface area contributed by atoms with Crippen molar-refractivity contribution >= 4 is 0 Å². The lowest BCUT2D eigenvalue weighted by Crippen LogP contribution is -2.36. The van der Waals surface area contributed by atoms with E-state index in [1.165, 1.54) is 12.8 Å². The molecule has 16 heavy (non-hydrogen) atoms. The van der Waals surface area contributed by atoms with Crippen molar-refractivity contribution in [2.75, 3.05) is 0 Å². The summed E-state index contributed by atoms with van der Waals surface area (Å²) in [6.07, 6.45) is 6.80. The smallest absolute Gasteiger partial charge is 0.123 e. The van der Waals surface area contributed by atoms with Crippen LogP contribution in [0.25, 0.3) is 0 Å². The van der Waals surface area contributed by atoms with Gasteiger partial charge in [0.2, 0.25) is 0 Å². The molecular weight excluding hydrogens is 201 g/mol. The average Bonchev–Trinajstić information content (AvgIpc) is 2.43. The number of aryl methyl sites for hydroxylation is 1. The van der Waals surface area contributed by atoms with E-state index in [2.05, 4.69) is 0 Å². The van der Waals surface area contributed by atoms with Crippen LogP contribution in [0.4, 0.5) is 4.39 Å². The Morgan fingerprint density at radius 3 is 2.25 bits per heavy atom. The first-order chi connectivity index (χ1) is 7.60. The summed E-state index contributed by atoms with van der Waals surface area (Å²) in [4.78, 5) is 0. The van der Waals surface area contributed by atoms with E-state index in [0.717, 1.165) is 36.8 Å². The van der Waals surface area contributed by atoms with E-state index in [1.54, 1.807) is 12.1 Å². The molecule has 0 saturated heterocycles. The largest absolute Gasteiger partial charge is 0.321 e. The van der Waals surface area contributed by atoms with Gasteiger partial charge in [-0.25, -0.2) is 4.39 Å². The second kappa shape index (κ2) is 4.54. The summed E-state index contributed by atoms with van der Waals surface area (Å²) in [5, 5.41) is 0. The molecule has 0 unspecified atom stereocenters. The molecule has 88 valence electrons. The number of hydrogen-bond donors (Lipinski definition) is 1. The van der Waals surface area contributed by atoms with E-state index in [4.69, 9.17) is 5.73 Å². The van der Waals surface area contributed by atoms with Gasteiger partial charge in [0, 0.05) is 5.54 Å². The first-order valence-corrected chi connectivity index (χ1v) is 6.17. The molecule has 1 fully saturated rings. The van der Waals surface area contributed by atoms with Gasteiger partial charge in [-0.3, -0.25) is 0 Å². The SMILES string of the molecule is Cc1cc(F)cc(C2(N)CCCCCC2)c1. The molecule has 0 atom stereocenters. The Morgan fingerprint density at radius 2 is 1.69 bits per heavy atom. The maximum atomic E-state index is 13.4. The van der Waals surface area contributed by atoms with Gasteiger partial charge >= 0.3 is 0 Å². The Bertz CT molecular complexity index is 345. The van der Waals surface area contributed by atoms with E-state index in [-0.39, 0.29) is 11.4 Å². The molecule has 2 N–H and O–H groups in total. The minimum atomic E-state index is -0.302. The second-order valence-electron chi connectivity index (χ2n) is 5.09. The number of hydrogen-bond acceptors (Lipinski definition) is 1. The van der Waals surface area contributed by atoms with E-state index in [9.17, 15) is 4.39 Å². The van der Waals surface area contributed by atoms with E-state index < -0.39 is 0 Å². The van der Waals surface area contributed by atoms with Crippen molar-refractivity contribution in [2.45, 2.75) is 51.0 Å². The normalized spacial score (nSPS) is 20.4. The zero-order chi connectivity index (χ0) is 11.6. The molecule has 0 radical (unpaired) electrons. The lowest BCUT2D eigenvalue weighted by molar-refractivity contribution is 0.383. The molecular formula is C14H20FN. The summed E-state index contributed by atoms with van der Waals surface area (Å²) in [6.45, 7) is 1.92. The second-order valence-corrected chi connectivity index (χ2v) is 5.09. The molecule has 1 nitrogen and oxygen atoms in total. The van der Waals surface area contributed by atoms with E-state index in [1.807, 2.05) is 13.0 Å². The third-order valence-electron chi connectivity index (χ3n) is 3.61. The molecule has 1 saturated carbocycles. The predicted molar refractivity (Wildman–Crippen MR) is 64.7 cm³/mol. The zero-order valence-corrected chi connectivity index (χ0v) is 9.93.